The van der Waals surface area contributed by atoms with Crippen LogP contribution in [-0.4, -0.2) is 26.2 Å². The highest BCUT2D eigenvalue weighted by molar-refractivity contribution is 9.10. The van der Waals surface area contributed by atoms with Crippen molar-refractivity contribution in [3.63, 3.8) is 0 Å². The Kier molecular flexibility index (Phi) is 8.56. The SMILES string of the molecule is CCCOc1cc(Br)c(/C=C(/C#N)C(=O)Nc2ccc(OC)cc2)cc1OCC. The van der Waals surface area contributed by atoms with Gasteiger partial charge in [-0.25, -0.2) is 0 Å². The summed E-state index contributed by atoms with van der Waals surface area (Å²) in [4.78, 5) is 12.5. The normalized spacial score (nSPS) is 10.8. The fraction of sp³-hybridized carbons (Fsp3) is 0.273. The Morgan fingerprint density at radius 3 is 2.45 bits per heavy atom. The van der Waals surface area contributed by atoms with Crippen molar-refractivity contribution in [2.75, 3.05) is 25.6 Å². The number of carbonyl (C=O) groups excluding carboxylic acids is 1. The molecule has 6 nitrogen and oxygen atoms in total. The molecule has 0 unspecified atom stereocenters. The number of amides is 1. The minimum Gasteiger partial charge on any atom is -0.497 e. The predicted molar refractivity (Wildman–Crippen MR) is 116 cm³/mol. The van der Waals surface area contributed by atoms with E-state index in [1.54, 1.807) is 43.5 Å². The molecule has 1 N–H and O–H groups in total. The molecule has 0 atom stereocenters. The van der Waals surface area contributed by atoms with E-state index in [1.165, 1.54) is 6.08 Å². The Morgan fingerprint density at radius 2 is 1.86 bits per heavy atom. The van der Waals surface area contributed by atoms with E-state index in [0.29, 0.717) is 46.2 Å². The molecule has 0 aromatic heterocycles. The summed E-state index contributed by atoms with van der Waals surface area (Å²) in [7, 11) is 1.57. The second kappa shape index (κ2) is 11.1. The summed E-state index contributed by atoms with van der Waals surface area (Å²) >= 11 is 3.48. The van der Waals surface area contributed by atoms with Crippen molar-refractivity contribution in [1.82, 2.24) is 0 Å². The topological polar surface area (TPSA) is 80.6 Å². The lowest BCUT2D eigenvalue weighted by molar-refractivity contribution is -0.112. The van der Waals surface area contributed by atoms with E-state index < -0.39 is 5.91 Å². The molecule has 7 heteroatoms. The number of benzene rings is 2. The van der Waals surface area contributed by atoms with E-state index in [2.05, 4.69) is 21.2 Å². The number of nitrogens with zero attached hydrogens (tertiary/aromatic N) is 1. The fourth-order valence-corrected chi connectivity index (χ4v) is 2.87. The highest BCUT2D eigenvalue weighted by atomic mass is 79.9. The smallest absolute Gasteiger partial charge is 0.266 e. The van der Waals surface area contributed by atoms with Crippen molar-refractivity contribution in [2.24, 2.45) is 0 Å². The monoisotopic (exact) mass is 458 g/mol. The molecule has 0 saturated carbocycles. The molecule has 1 amide bonds. The second-order valence-electron chi connectivity index (χ2n) is 5.95. The molecule has 0 bridgehead atoms. The van der Waals surface area contributed by atoms with Gasteiger partial charge >= 0.3 is 0 Å². The van der Waals surface area contributed by atoms with Gasteiger partial charge in [-0.3, -0.25) is 4.79 Å². The van der Waals surface area contributed by atoms with Crippen molar-refractivity contribution < 1.29 is 19.0 Å². The first-order chi connectivity index (χ1) is 14.0. The first-order valence-electron chi connectivity index (χ1n) is 9.18. The van der Waals surface area contributed by atoms with Crippen LogP contribution in [0.3, 0.4) is 0 Å². The average Bonchev–Trinajstić information content (AvgIpc) is 2.73. The van der Waals surface area contributed by atoms with Crippen LogP contribution in [0.4, 0.5) is 5.69 Å². The summed E-state index contributed by atoms with van der Waals surface area (Å²) in [5, 5.41) is 12.2. The summed E-state index contributed by atoms with van der Waals surface area (Å²) in [6.07, 6.45) is 2.38. The van der Waals surface area contributed by atoms with Gasteiger partial charge in [0.05, 0.1) is 20.3 Å². The van der Waals surface area contributed by atoms with Crippen LogP contribution < -0.4 is 19.5 Å². The number of carbonyl (C=O) groups is 1. The number of hydrogen-bond acceptors (Lipinski definition) is 5. The van der Waals surface area contributed by atoms with Crippen LogP contribution in [0.25, 0.3) is 6.08 Å². The number of methoxy groups -OCH3 is 1. The fourth-order valence-electron chi connectivity index (χ4n) is 2.43. The van der Waals surface area contributed by atoms with Gasteiger partial charge in [0.15, 0.2) is 11.5 Å². The van der Waals surface area contributed by atoms with Gasteiger partial charge in [0, 0.05) is 10.2 Å². The highest BCUT2D eigenvalue weighted by Crippen LogP contribution is 2.35. The molecule has 0 radical (unpaired) electrons. The molecular formula is C22H23BrN2O4. The van der Waals surface area contributed by atoms with Crippen LogP contribution in [0.1, 0.15) is 25.8 Å². The Hall–Kier alpha value is -2.98. The molecule has 0 fully saturated rings. The molecule has 29 heavy (non-hydrogen) atoms. The first-order valence-corrected chi connectivity index (χ1v) is 9.98. The molecule has 0 aliphatic heterocycles. The maximum atomic E-state index is 12.5. The van der Waals surface area contributed by atoms with Crippen LogP contribution in [0.5, 0.6) is 17.2 Å². The van der Waals surface area contributed by atoms with E-state index in [9.17, 15) is 10.1 Å². The number of rotatable bonds is 9. The van der Waals surface area contributed by atoms with Crippen molar-refractivity contribution >= 4 is 33.6 Å². The minimum atomic E-state index is -0.506. The maximum Gasteiger partial charge on any atom is 0.266 e. The molecular weight excluding hydrogens is 436 g/mol. The number of hydrogen-bond donors (Lipinski definition) is 1. The van der Waals surface area contributed by atoms with Gasteiger partial charge in [-0.2, -0.15) is 5.26 Å². The van der Waals surface area contributed by atoms with E-state index in [4.69, 9.17) is 14.2 Å². The van der Waals surface area contributed by atoms with E-state index in [-0.39, 0.29) is 5.57 Å². The van der Waals surface area contributed by atoms with Gasteiger partial charge in [0.1, 0.15) is 17.4 Å². The first kappa shape index (κ1) is 22.3. The Morgan fingerprint density at radius 1 is 1.17 bits per heavy atom. The maximum absolute atomic E-state index is 12.5. The molecule has 152 valence electrons. The number of anilines is 1. The highest BCUT2D eigenvalue weighted by Gasteiger charge is 2.14. The summed E-state index contributed by atoms with van der Waals surface area (Å²) in [6.45, 7) is 4.93. The van der Waals surface area contributed by atoms with E-state index in [0.717, 1.165) is 6.42 Å². The van der Waals surface area contributed by atoms with Gasteiger partial charge in [-0.1, -0.05) is 22.9 Å². The quantitative estimate of drug-likeness (QED) is 0.412. The predicted octanol–water partition coefficient (Wildman–Crippen LogP) is 5.19. The van der Waals surface area contributed by atoms with Gasteiger partial charge in [0.25, 0.3) is 5.91 Å². The third kappa shape index (κ3) is 6.26. The summed E-state index contributed by atoms with van der Waals surface area (Å²) in [6, 6.07) is 12.3. The summed E-state index contributed by atoms with van der Waals surface area (Å²) < 4.78 is 17.2. The van der Waals surface area contributed by atoms with Crippen LogP contribution in [0, 0.1) is 11.3 Å². The zero-order valence-corrected chi connectivity index (χ0v) is 18.2. The van der Waals surface area contributed by atoms with Crippen molar-refractivity contribution in [3.05, 3.63) is 52.0 Å². The second-order valence-corrected chi connectivity index (χ2v) is 6.81. The van der Waals surface area contributed by atoms with Gasteiger partial charge in [-0.05, 0) is 61.4 Å². The lowest BCUT2D eigenvalue weighted by Crippen LogP contribution is -2.13. The van der Waals surface area contributed by atoms with Crippen LogP contribution in [-0.2, 0) is 4.79 Å². The van der Waals surface area contributed by atoms with Gasteiger partial charge in [-0.15, -0.1) is 0 Å². The molecule has 2 rings (SSSR count). The van der Waals surface area contributed by atoms with Gasteiger partial charge < -0.3 is 19.5 Å². The third-order valence-electron chi connectivity index (χ3n) is 3.84. The number of halogens is 1. The van der Waals surface area contributed by atoms with E-state index >= 15 is 0 Å². The third-order valence-corrected chi connectivity index (χ3v) is 4.52. The molecule has 2 aromatic rings. The van der Waals surface area contributed by atoms with Gasteiger partial charge in [0.2, 0.25) is 0 Å². The minimum absolute atomic E-state index is 0.0359. The molecule has 0 aliphatic rings. The zero-order valence-electron chi connectivity index (χ0n) is 16.6. The van der Waals surface area contributed by atoms with Crippen LogP contribution >= 0.6 is 15.9 Å². The van der Waals surface area contributed by atoms with E-state index in [1.807, 2.05) is 19.9 Å². The van der Waals surface area contributed by atoms with Crippen LogP contribution in [0.15, 0.2) is 46.4 Å². The Labute approximate surface area is 179 Å². The van der Waals surface area contributed by atoms with Crippen molar-refractivity contribution in [1.29, 1.82) is 5.26 Å². The zero-order chi connectivity index (χ0) is 21.2. The Bertz CT molecular complexity index is 918. The number of nitriles is 1. The van der Waals surface area contributed by atoms with Crippen LogP contribution in [0.2, 0.25) is 0 Å². The molecule has 2 aromatic carbocycles. The lowest BCUT2D eigenvalue weighted by Gasteiger charge is -2.13. The van der Waals surface area contributed by atoms with Crippen molar-refractivity contribution in [2.45, 2.75) is 20.3 Å². The number of ether oxygens (including phenoxy) is 3. The largest absolute Gasteiger partial charge is 0.497 e. The standard InChI is InChI=1S/C22H23BrN2O4/c1-4-10-29-21-13-19(23)15(12-20(21)28-5-2)11-16(14-24)22(26)25-17-6-8-18(27-3)9-7-17/h6-9,11-13H,4-5,10H2,1-3H3,(H,25,26)/b16-11-. The molecule has 0 aliphatic carbocycles. The Balaban J connectivity index is 2.29. The number of nitrogens with one attached hydrogen (secondary N) is 1. The molecule has 0 saturated heterocycles. The summed E-state index contributed by atoms with van der Waals surface area (Å²) in [5.41, 5.74) is 1.17. The van der Waals surface area contributed by atoms with Crippen molar-refractivity contribution in [3.8, 4) is 23.3 Å². The average molecular weight is 459 g/mol. The molecule has 0 spiro atoms. The molecule has 0 heterocycles. The summed E-state index contributed by atoms with van der Waals surface area (Å²) in [5.74, 6) is 1.34. The lowest BCUT2D eigenvalue weighted by atomic mass is 10.1.